The van der Waals surface area contributed by atoms with Gasteiger partial charge in [-0.2, -0.15) is 5.10 Å². The highest BCUT2D eigenvalue weighted by molar-refractivity contribution is 6.30. The number of rotatable bonds is 4. The van der Waals surface area contributed by atoms with Crippen molar-refractivity contribution in [2.24, 2.45) is 5.10 Å². The molecule has 6 heteroatoms. The van der Waals surface area contributed by atoms with Crippen LogP contribution < -0.4 is 0 Å². The highest BCUT2D eigenvalue weighted by atomic mass is 35.5. The summed E-state index contributed by atoms with van der Waals surface area (Å²) in [6.07, 6.45) is 1.84. The van der Waals surface area contributed by atoms with Crippen molar-refractivity contribution in [1.29, 1.82) is 0 Å². The molecule has 0 bridgehead atoms. The first-order valence-electron chi connectivity index (χ1n) is 7.42. The number of nitrogens with zero attached hydrogens (tertiary/aromatic N) is 4. The molecular weight excluding hydrogens is 300 g/mol. The lowest BCUT2D eigenvalue weighted by molar-refractivity contribution is 0.122. The van der Waals surface area contributed by atoms with E-state index in [1.807, 2.05) is 43.5 Å². The normalized spacial score (nSPS) is 16.5. The van der Waals surface area contributed by atoms with Gasteiger partial charge >= 0.3 is 0 Å². The van der Waals surface area contributed by atoms with Crippen LogP contribution in [0.25, 0.3) is 11.3 Å². The molecule has 1 aromatic heterocycles. The molecule has 5 nitrogen and oxygen atoms in total. The molecule has 1 aliphatic rings. The number of hydrogen-bond acceptors (Lipinski definition) is 5. The Morgan fingerprint density at radius 3 is 2.82 bits per heavy atom. The molecule has 0 saturated carbocycles. The number of benzene rings is 1. The minimum Gasteiger partial charge on any atom is -0.359 e. The summed E-state index contributed by atoms with van der Waals surface area (Å²) < 4.78 is 5.46. The Morgan fingerprint density at radius 2 is 2.09 bits per heavy atom. The Kier molecular flexibility index (Phi) is 4.75. The molecule has 1 saturated heterocycles. The molecule has 2 aromatic rings. The van der Waals surface area contributed by atoms with Crippen molar-refractivity contribution < 1.29 is 4.52 Å². The maximum atomic E-state index is 6.01. The Labute approximate surface area is 135 Å². The number of hydrogen-bond donors (Lipinski definition) is 0. The summed E-state index contributed by atoms with van der Waals surface area (Å²) in [4.78, 5) is 2.35. The zero-order valence-electron chi connectivity index (χ0n) is 12.6. The van der Waals surface area contributed by atoms with Gasteiger partial charge in [-0.15, -0.1) is 0 Å². The molecule has 0 unspecified atom stereocenters. The highest BCUT2D eigenvalue weighted by Crippen LogP contribution is 2.23. The summed E-state index contributed by atoms with van der Waals surface area (Å²) in [7, 11) is 0. The van der Waals surface area contributed by atoms with Gasteiger partial charge in [0.05, 0.1) is 6.54 Å². The number of aromatic nitrogens is 1. The van der Waals surface area contributed by atoms with Gasteiger partial charge in [0, 0.05) is 49.0 Å². The predicted molar refractivity (Wildman–Crippen MR) is 88.0 cm³/mol. The number of hydrazone groups is 1. The van der Waals surface area contributed by atoms with Gasteiger partial charge < -0.3 is 4.52 Å². The number of piperazine rings is 1. The summed E-state index contributed by atoms with van der Waals surface area (Å²) in [6.45, 7) is 6.56. The van der Waals surface area contributed by atoms with Crippen LogP contribution in [-0.2, 0) is 6.54 Å². The van der Waals surface area contributed by atoms with E-state index in [1.165, 1.54) is 0 Å². The first-order chi connectivity index (χ1) is 10.7. The van der Waals surface area contributed by atoms with E-state index in [1.54, 1.807) is 0 Å². The van der Waals surface area contributed by atoms with Crippen LogP contribution in [0.2, 0.25) is 5.02 Å². The minimum absolute atomic E-state index is 0.703. The fourth-order valence-corrected chi connectivity index (χ4v) is 2.76. The summed E-state index contributed by atoms with van der Waals surface area (Å²) in [5.41, 5.74) is 1.80. The first-order valence-corrected chi connectivity index (χ1v) is 7.80. The van der Waals surface area contributed by atoms with Gasteiger partial charge in [0.15, 0.2) is 5.76 Å². The second-order valence-electron chi connectivity index (χ2n) is 5.29. The van der Waals surface area contributed by atoms with Crippen molar-refractivity contribution in [1.82, 2.24) is 15.1 Å². The molecule has 116 valence electrons. The summed E-state index contributed by atoms with van der Waals surface area (Å²) in [5.74, 6) is 0.877. The standard InChI is InChI=1S/C16H19ClN4O/c1-2-18-21-8-6-20(7-9-21)12-15-11-16(19-22-15)13-4-3-5-14(17)10-13/h2-5,10-11H,6-9,12H2,1H3/b18-2+. The zero-order valence-corrected chi connectivity index (χ0v) is 13.3. The van der Waals surface area contributed by atoms with E-state index in [2.05, 4.69) is 20.2 Å². The smallest absolute Gasteiger partial charge is 0.151 e. The third kappa shape index (κ3) is 3.67. The van der Waals surface area contributed by atoms with E-state index >= 15 is 0 Å². The molecule has 1 aromatic carbocycles. The molecule has 0 aliphatic carbocycles. The molecule has 0 N–H and O–H groups in total. The summed E-state index contributed by atoms with van der Waals surface area (Å²) in [6, 6.07) is 9.63. The van der Waals surface area contributed by atoms with Crippen LogP contribution in [0.15, 0.2) is 40.0 Å². The maximum absolute atomic E-state index is 6.01. The lowest BCUT2D eigenvalue weighted by Gasteiger charge is -2.32. The Balaban J connectivity index is 1.61. The summed E-state index contributed by atoms with van der Waals surface area (Å²) >= 11 is 6.01. The van der Waals surface area contributed by atoms with Crippen LogP contribution in [0.4, 0.5) is 0 Å². The molecule has 2 heterocycles. The lowest BCUT2D eigenvalue weighted by atomic mass is 10.1. The van der Waals surface area contributed by atoms with Crippen LogP contribution in [0, 0.1) is 0 Å². The second kappa shape index (κ2) is 6.94. The van der Waals surface area contributed by atoms with E-state index in [9.17, 15) is 0 Å². The highest BCUT2D eigenvalue weighted by Gasteiger charge is 2.17. The average molecular weight is 319 g/mol. The van der Waals surface area contributed by atoms with Crippen molar-refractivity contribution in [3.63, 3.8) is 0 Å². The van der Waals surface area contributed by atoms with E-state index in [4.69, 9.17) is 16.1 Å². The Hall–Kier alpha value is -1.85. The van der Waals surface area contributed by atoms with Crippen molar-refractivity contribution in [2.45, 2.75) is 13.5 Å². The molecule has 1 aliphatic heterocycles. The zero-order chi connectivity index (χ0) is 15.4. The van der Waals surface area contributed by atoms with Crippen LogP contribution in [0.5, 0.6) is 0 Å². The van der Waals surface area contributed by atoms with Gasteiger partial charge in [-0.25, -0.2) is 0 Å². The largest absolute Gasteiger partial charge is 0.359 e. The van der Waals surface area contributed by atoms with Gasteiger partial charge in [-0.05, 0) is 19.1 Å². The quantitative estimate of drug-likeness (QED) is 0.813. The molecule has 3 rings (SSSR count). The van der Waals surface area contributed by atoms with Gasteiger partial charge in [0.2, 0.25) is 0 Å². The molecular formula is C16H19ClN4O. The van der Waals surface area contributed by atoms with Crippen molar-refractivity contribution in [3.05, 3.63) is 41.1 Å². The Bertz CT molecular complexity index is 647. The molecule has 0 radical (unpaired) electrons. The molecule has 0 spiro atoms. The maximum Gasteiger partial charge on any atom is 0.151 e. The van der Waals surface area contributed by atoms with Gasteiger partial charge in [-0.3, -0.25) is 9.91 Å². The fourth-order valence-electron chi connectivity index (χ4n) is 2.57. The SMILES string of the molecule is C/C=N/N1CCN(Cc2cc(-c3cccc(Cl)c3)no2)CC1. The van der Waals surface area contributed by atoms with Gasteiger partial charge in [0.1, 0.15) is 5.69 Å². The van der Waals surface area contributed by atoms with Crippen LogP contribution in [0.3, 0.4) is 0 Å². The molecule has 1 fully saturated rings. The molecule has 0 atom stereocenters. The van der Waals surface area contributed by atoms with Gasteiger partial charge in [0.25, 0.3) is 0 Å². The molecule has 0 amide bonds. The monoisotopic (exact) mass is 318 g/mol. The van der Waals surface area contributed by atoms with Crippen LogP contribution in [-0.4, -0.2) is 47.5 Å². The van der Waals surface area contributed by atoms with Crippen LogP contribution in [0.1, 0.15) is 12.7 Å². The first kappa shape index (κ1) is 15.1. The van der Waals surface area contributed by atoms with E-state index in [0.717, 1.165) is 49.7 Å². The Morgan fingerprint density at radius 1 is 1.27 bits per heavy atom. The predicted octanol–water partition coefficient (Wildman–Crippen LogP) is 3.12. The average Bonchev–Trinajstić information content (AvgIpc) is 2.98. The lowest BCUT2D eigenvalue weighted by Crippen LogP contribution is -2.43. The third-order valence-corrected chi connectivity index (χ3v) is 3.92. The van der Waals surface area contributed by atoms with E-state index in [0.29, 0.717) is 5.02 Å². The molecule has 22 heavy (non-hydrogen) atoms. The van der Waals surface area contributed by atoms with E-state index < -0.39 is 0 Å². The van der Waals surface area contributed by atoms with Gasteiger partial charge in [-0.1, -0.05) is 28.9 Å². The number of halogens is 1. The fraction of sp³-hybridized carbons (Fsp3) is 0.375. The topological polar surface area (TPSA) is 44.9 Å². The third-order valence-electron chi connectivity index (χ3n) is 3.69. The van der Waals surface area contributed by atoms with Crippen LogP contribution >= 0.6 is 11.6 Å². The second-order valence-corrected chi connectivity index (χ2v) is 5.73. The van der Waals surface area contributed by atoms with E-state index in [-0.39, 0.29) is 0 Å². The van der Waals surface area contributed by atoms with Crippen molar-refractivity contribution >= 4 is 17.8 Å². The van der Waals surface area contributed by atoms with Crippen molar-refractivity contribution in [2.75, 3.05) is 26.2 Å². The minimum atomic E-state index is 0.703. The summed E-state index contributed by atoms with van der Waals surface area (Å²) in [5, 5.41) is 11.2. The van der Waals surface area contributed by atoms with Crippen molar-refractivity contribution in [3.8, 4) is 11.3 Å².